The monoisotopic (exact) mass is 282 g/mol. The van der Waals surface area contributed by atoms with Crippen LogP contribution in [0.15, 0.2) is 36.4 Å². The molecule has 110 valence electrons. The number of rotatable bonds is 4. The molecule has 1 saturated heterocycles. The van der Waals surface area contributed by atoms with Gasteiger partial charge in [0.15, 0.2) is 5.82 Å². The lowest BCUT2D eigenvalue weighted by Gasteiger charge is -2.28. The van der Waals surface area contributed by atoms with E-state index >= 15 is 0 Å². The molecule has 1 N–H and O–H groups in total. The Labute approximate surface area is 126 Å². The molecule has 4 nitrogen and oxygen atoms in total. The molecule has 0 unspecified atom stereocenters. The molecule has 21 heavy (non-hydrogen) atoms. The lowest BCUT2D eigenvalue weighted by molar-refractivity contribution is 0.573. The molecule has 3 rings (SSSR count). The fourth-order valence-corrected chi connectivity index (χ4v) is 2.71. The van der Waals surface area contributed by atoms with Gasteiger partial charge in [-0.05, 0) is 26.2 Å². The van der Waals surface area contributed by atoms with Gasteiger partial charge in [0, 0.05) is 31.3 Å². The van der Waals surface area contributed by atoms with Gasteiger partial charge in [-0.15, -0.1) is 0 Å². The second-order valence-electron chi connectivity index (χ2n) is 5.38. The van der Waals surface area contributed by atoms with Gasteiger partial charge in [-0.2, -0.15) is 0 Å². The van der Waals surface area contributed by atoms with E-state index in [2.05, 4.69) is 40.3 Å². The number of anilines is 2. The van der Waals surface area contributed by atoms with Gasteiger partial charge in [-0.25, -0.2) is 9.97 Å². The molecule has 1 fully saturated rings. The second-order valence-corrected chi connectivity index (χ2v) is 5.38. The standard InChI is InChI=1S/C17H22N4/c1-2-18-15-13-16(21-11-7-4-8-12-21)20-17(19-15)14-9-5-3-6-10-14/h3,5-6,9-10,13H,2,4,7-8,11-12H2,1H3,(H,18,19,20). The summed E-state index contributed by atoms with van der Waals surface area (Å²) < 4.78 is 0. The third-order valence-electron chi connectivity index (χ3n) is 3.78. The maximum absolute atomic E-state index is 4.78. The molecule has 0 aliphatic carbocycles. The SMILES string of the molecule is CCNc1cc(N2CCCCC2)nc(-c2ccccc2)n1. The average molecular weight is 282 g/mol. The number of nitrogens with zero attached hydrogens (tertiary/aromatic N) is 3. The second kappa shape index (κ2) is 6.57. The van der Waals surface area contributed by atoms with Gasteiger partial charge in [-0.1, -0.05) is 30.3 Å². The summed E-state index contributed by atoms with van der Waals surface area (Å²) in [5.41, 5.74) is 1.07. The molecule has 1 aromatic heterocycles. The van der Waals surface area contributed by atoms with Gasteiger partial charge >= 0.3 is 0 Å². The normalized spacial score (nSPS) is 15.0. The number of piperidine rings is 1. The van der Waals surface area contributed by atoms with Crippen molar-refractivity contribution in [3.63, 3.8) is 0 Å². The van der Waals surface area contributed by atoms with Crippen LogP contribution >= 0.6 is 0 Å². The Morgan fingerprint density at radius 2 is 1.81 bits per heavy atom. The van der Waals surface area contributed by atoms with Crippen LogP contribution in [0.3, 0.4) is 0 Å². The number of nitrogens with one attached hydrogen (secondary N) is 1. The third-order valence-corrected chi connectivity index (χ3v) is 3.78. The predicted octanol–water partition coefficient (Wildman–Crippen LogP) is 3.57. The van der Waals surface area contributed by atoms with E-state index in [1.165, 1.54) is 19.3 Å². The Hall–Kier alpha value is -2.10. The molecule has 1 aliphatic rings. The fourth-order valence-electron chi connectivity index (χ4n) is 2.71. The minimum atomic E-state index is 0.801. The van der Waals surface area contributed by atoms with Crippen molar-refractivity contribution in [2.45, 2.75) is 26.2 Å². The topological polar surface area (TPSA) is 41.0 Å². The summed E-state index contributed by atoms with van der Waals surface area (Å²) in [6, 6.07) is 12.3. The zero-order valence-corrected chi connectivity index (χ0v) is 12.5. The highest BCUT2D eigenvalue weighted by Crippen LogP contribution is 2.24. The summed E-state index contributed by atoms with van der Waals surface area (Å²) >= 11 is 0. The predicted molar refractivity (Wildman–Crippen MR) is 87.7 cm³/mol. The molecule has 4 heteroatoms. The lowest BCUT2D eigenvalue weighted by atomic mass is 10.1. The van der Waals surface area contributed by atoms with Crippen LogP contribution in [-0.2, 0) is 0 Å². The minimum absolute atomic E-state index is 0.801. The Kier molecular flexibility index (Phi) is 4.34. The number of hydrogen-bond donors (Lipinski definition) is 1. The fraction of sp³-hybridized carbons (Fsp3) is 0.412. The van der Waals surface area contributed by atoms with Crippen molar-refractivity contribution in [2.75, 3.05) is 29.9 Å². The Morgan fingerprint density at radius 1 is 1.05 bits per heavy atom. The van der Waals surface area contributed by atoms with Crippen LogP contribution in [0.1, 0.15) is 26.2 Å². The van der Waals surface area contributed by atoms with Crippen molar-refractivity contribution in [2.24, 2.45) is 0 Å². The Morgan fingerprint density at radius 3 is 2.52 bits per heavy atom. The van der Waals surface area contributed by atoms with Crippen LogP contribution < -0.4 is 10.2 Å². The number of hydrogen-bond acceptors (Lipinski definition) is 4. The zero-order valence-electron chi connectivity index (χ0n) is 12.5. The molecule has 1 aromatic carbocycles. The van der Waals surface area contributed by atoms with Crippen molar-refractivity contribution >= 4 is 11.6 Å². The van der Waals surface area contributed by atoms with Crippen LogP contribution in [0.2, 0.25) is 0 Å². The quantitative estimate of drug-likeness (QED) is 0.931. The molecule has 0 spiro atoms. The highest BCUT2D eigenvalue weighted by molar-refractivity contribution is 5.61. The largest absolute Gasteiger partial charge is 0.370 e. The first-order valence-electron chi connectivity index (χ1n) is 7.80. The van der Waals surface area contributed by atoms with E-state index < -0.39 is 0 Å². The molecular weight excluding hydrogens is 260 g/mol. The Bertz CT molecular complexity index is 577. The van der Waals surface area contributed by atoms with Gasteiger partial charge in [0.25, 0.3) is 0 Å². The smallest absolute Gasteiger partial charge is 0.163 e. The first kappa shape index (κ1) is 13.9. The lowest BCUT2D eigenvalue weighted by Crippen LogP contribution is -2.30. The van der Waals surface area contributed by atoms with E-state index in [1.54, 1.807) is 0 Å². The maximum atomic E-state index is 4.78. The van der Waals surface area contributed by atoms with E-state index in [1.807, 2.05) is 18.2 Å². The van der Waals surface area contributed by atoms with Crippen LogP contribution in [0, 0.1) is 0 Å². The van der Waals surface area contributed by atoms with Gasteiger partial charge in [0.1, 0.15) is 11.6 Å². The van der Waals surface area contributed by atoms with Crippen LogP contribution in [0.25, 0.3) is 11.4 Å². The molecule has 0 amide bonds. The van der Waals surface area contributed by atoms with Crippen molar-refractivity contribution < 1.29 is 0 Å². The van der Waals surface area contributed by atoms with E-state index in [0.29, 0.717) is 0 Å². The average Bonchev–Trinajstić information content (AvgIpc) is 2.56. The first-order valence-corrected chi connectivity index (χ1v) is 7.80. The highest BCUT2D eigenvalue weighted by Gasteiger charge is 2.15. The Balaban J connectivity index is 1.97. The molecule has 0 bridgehead atoms. The number of benzene rings is 1. The van der Waals surface area contributed by atoms with Crippen molar-refractivity contribution in [3.8, 4) is 11.4 Å². The van der Waals surface area contributed by atoms with E-state index in [9.17, 15) is 0 Å². The van der Waals surface area contributed by atoms with E-state index in [0.717, 1.165) is 42.7 Å². The molecule has 1 aliphatic heterocycles. The van der Waals surface area contributed by atoms with Crippen LogP contribution in [0.5, 0.6) is 0 Å². The van der Waals surface area contributed by atoms with Gasteiger partial charge < -0.3 is 10.2 Å². The summed E-state index contributed by atoms with van der Waals surface area (Å²) in [5, 5.41) is 3.32. The van der Waals surface area contributed by atoms with Crippen molar-refractivity contribution in [1.29, 1.82) is 0 Å². The van der Waals surface area contributed by atoms with Crippen molar-refractivity contribution in [3.05, 3.63) is 36.4 Å². The van der Waals surface area contributed by atoms with Gasteiger partial charge in [-0.3, -0.25) is 0 Å². The molecule has 2 heterocycles. The van der Waals surface area contributed by atoms with Crippen LogP contribution in [0.4, 0.5) is 11.6 Å². The highest BCUT2D eigenvalue weighted by atomic mass is 15.2. The van der Waals surface area contributed by atoms with Crippen molar-refractivity contribution in [1.82, 2.24) is 9.97 Å². The molecule has 0 saturated carbocycles. The first-order chi connectivity index (χ1) is 10.4. The summed E-state index contributed by atoms with van der Waals surface area (Å²) in [4.78, 5) is 11.8. The molecule has 0 atom stereocenters. The summed E-state index contributed by atoms with van der Waals surface area (Å²) in [5.74, 6) is 2.75. The third kappa shape index (κ3) is 3.32. The van der Waals surface area contributed by atoms with Gasteiger partial charge in [0.05, 0.1) is 0 Å². The van der Waals surface area contributed by atoms with Gasteiger partial charge in [0.2, 0.25) is 0 Å². The molecule has 2 aromatic rings. The van der Waals surface area contributed by atoms with E-state index in [-0.39, 0.29) is 0 Å². The molecular formula is C17H22N4. The summed E-state index contributed by atoms with van der Waals surface area (Å²) in [7, 11) is 0. The van der Waals surface area contributed by atoms with Crippen LogP contribution in [-0.4, -0.2) is 29.6 Å². The molecule has 0 radical (unpaired) electrons. The maximum Gasteiger partial charge on any atom is 0.163 e. The zero-order chi connectivity index (χ0) is 14.5. The van der Waals surface area contributed by atoms with E-state index in [4.69, 9.17) is 4.98 Å². The summed E-state index contributed by atoms with van der Waals surface area (Å²) in [6.07, 6.45) is 3.83. The minimum Gasteiger partial charge on any atom is -0.370 e. The number of aromatic nitrogens is 2. The summed E-state index contributed by atoms with van der Waals surface area (Å²) in [6.45, 7) is 5.14.